The maximum atomic E-state index is 13.4. The van der Waals surface area contributed by atoms with Gasteiger partial charge in [-0.15, -0.1) is 6.58 Å². The third-order valence-electron chi connectivity index (χ3n) is 2.10. The van der Waals surface area contributed by atoms with Crippen molar-refractivity contribution in [1.29, 1.82) is 0 Å². The van der Waals surface area contributed by atoms with Gasteiger partial charge in [0.2, 0.25) is 0 Å². The van der Waals surface area contributed by atoms with Gasteiger partial charge in [-0.3, -0.25) is 0 Å². The standard InChI is InChI=1S/C11H13ClFN/c1-3-4-11(14)8-5-7(2)9(12)6-10(8)13/h3,5-6,11H,1,4,14H2,2H3. The van der Waals surface area contributed by atoms with Gasteiger partial charge in [0, 0.05) is 16.6 Å². The maximum absolute atomic E-state index is 13.4. The van der Waals surface area contributed by atoms with Crippen molar-refractivity contribution in [2.24, 2.45) is 5.73 Å². The van der Waals surface area contributed by atoms with Crippen LogP contribution in [-0.4, -0.2) is 0 Å². The van der Waals surface area contributed by atoms with Crippen LogP contribution in [0.15, 0.2) is 24.8 Å². The minimum atomic E-state index is -0.352. The predicted molar refractivity (Wildman–Crippen MR) is 57.9 cm³/mol. The topological polar surface area (TPSA) is 26.0 Å². The summed E-state index contributed by atoms with van der Waals surface area (Å²) in [7, 11) is 0. The average Bonchev–Trinajstić information content (AvgIpc) is 2.11. The molecule has 1 aromatic carbocycles. The quantitative estimate of drug-likeness (QED) is 0.766. The van der Waals surface area contributed by atoms with Crippen LogP contribution in [0.1, 0.15) is 23.6 Å². The molecular weight excluding hydrogens is 201 g/mol. The summed E-state index contributed by atoms with van der Waals surface area (Å²) in [5.41, 5.74) is 7.10. The van der Waals surface area contributed by atoms with Gasteiger partial charge in [0.25, 0.3) is 0 Å². The summed E-state index contributed by atoms with van der Waals surface area (Å²) in [5.74, 6) is -0.352. The number of hydrogen-bond donors (Lipinski definition) is 1. The molecule has 1 unspecified atom stereocenters. The summed E-state index contributed by atoms with van der Waals surface area (Å²) < 4.78 is 13.4. The van der Waals surface area contributed by atoms with Gasteiger partial charge in [-0.1, -0.05) is 23.7 Å². The third kappa shape index (κ3) is 2.34. The molecule has 0 aliphatic carbocycles. The number of hydrogen-bond acceptors (Lipinski definition) is 1. The number of rotatable bonds is 3. The van der Waals surface area contributed by atoms with Crippen LogP contribution in [-0.2, 0) is 0 Å². The third-order valence-corrected chi connectivity index (χ3v) is 2.51. The van der Waals surface area contributed by atoms with Crippen LogP contribution in [0.4, 0.5) is 4.39 Å². The van der Waals surface area contributed by atoms with Gasteiger partial charge in [0.05, 0.1) is 0 Å². The van der Waals surface area contributed by atoms with Crippen LogP contribution in [0.2, 0.25) is 5.02 Å². The first-order valence-electron chi connectivity index (χ1n) is 4.38. The van der Waals surface area contributed by atoms with Crippen LogP contribution in [0.3, 0.4) is 0 Å². The van der Waals surface area contributed by atoms with Crippen molar-refractivity contribution in [2.75, 3.05) is 0 Å². The van der Waals surface area contributed by atoms with Crippen molar-refractivity contribution in [2.45, 2.75) is 19.4 Å². The largest absolute Gasteiger partial charge is 0.324 e. The number of benzene rings is 1. The smallest absolute Gasteiger partial charge is 0.129 e. The lowest BCUT2D eigenvalue weighted by atomic mass is 10.0. The fourth-order valence-corrected chi connectivity index (χ4v) is 1.42. The molecule has 0 amide bonds. The molecule has 3 heteroatoms. The Balaban J connectivity index is 3.08. The molecule has 0 aliphatic heterocycles. The van der Waals surface area contributed by atoms with Crippen molar-refractivity contribution < 1.29 is 4.39 Å². The van der Waals surface area contributed by atoms with E-state index in [-0.39, 0.29) is 11.9 Å². The van der Waals surface area contributed by atoms with E-state index in [2.05, 4.69) is 6.58 Å². The molecule has 0 bridgehead atoms. The minimum Gasteiger partial charge on any atom is -0.324 e. The molecule has 0 aliphatic rings. The van der Waals surface area contributed by atoms with E-state index in [1.165, 1.54) is 6.07 Å². The van der Waals surface area contributed by atoms with E-state index in [1.54, 1.807) is 12.1 Å². The molecular formula is C11H13ClFN. The van der Waals surface area contributed by atoms with Crippen LogP contribution in [0, 0.1) is 12.7 Å². The monoisotopic (exact) mass is 213 g/mol. The molecule has 0 heterocycles. The van der Waals surface area contributed by atoms with Crippen LogP contribution >= 0.6 is 11.6 Å². The first-order chi connectivity index (χ1) is 6.56. The highest BCUT2D eigenvalue weighted by atomic mass is 35.5. The molecule has 1 rings (SSSR count). The normalized spacial score (nSPS) is 12.6. The lowest BCUT2D eigenvalue weighted by Crippen LogP contribution is -2.11. The van der Waals surface area contributed by atoms with Gasteiger partial charge in [0.1, 0.15) is 5.82 Å². The van der Waals surface area contributed by atoms with E-state index in [0.717, 1.165) is 5.56 Å². The average molecular weight is 214 g/mol. The Hall–Kier alpha value is -0.860. The van der Waals surface area contributed by atoms with Gasteiger partial charge in [-0.2, -0.15) is 0 Å². The van der Waals surface area contributed by atoms with Crippen molar-refractivity contribution >= 4 is 11.6 Å². The first kappa shape index (κ1) is 11.2. The Morgan fingerprint density at radius 1 is 1.64 bits per heavy atom. The van der Waals surface area contributed by atoms with Gasteiger partial charge in [-0.05, 0) is 25.0 Å². The van der Waals surface area contributed by atoms with E-state index in [4.69, 9.17) is 17.3 Å². The summed E-state index contributed by atoms with van der Waals surface area (Å²) in [6, 6.07) is 2.64. The zero-order valence-corrected chi connectivity index (χ0v) is 8.81. The van der Waals surface area contributed by atoms with Crippen molar-refractivity contribution in [3.8, 4) is 0 Å². The van der Waals surface area contributed by atoms with Crippen LogP contribution in [0.25, 0.3) is 0 Å². The molecule has 1 atom stereocenters. The molecule has 76 valence electrons. The zero-order chi connectivity index (χ0) is 10.7. The minimum absolute atomic E-state index is 0.344. The molecule has 0 radical (unpaired) electrons. The Bertz CT molecular complexity index is 349. The SMILES string of the molecule is C=CCC(N)c1cc(C)c(Cl)cc1F. The molecule has 2 N–H and O–H groups in total. The van der Waals surface area contributed by atoms with Gasteiger partial charge in [-0.25, -0.2) is 4.39 Å². The van der Waals surface area contributed by atoms with Crippen LogP contribution in [0.5, 0.6) is 0 Å². The molecule has 0 fully saturated rings. The highest BCUT2D eigenvalue weighted by Crippen LogP contribution is 2.24. The lowest BCUT2D eigenvalue weighted by molar-refractivity contribution is 0.583. The van der Waals surface area contributed by atoms with Gasteiger partial charge >= 0.3 is 0 Å². The highest BCUT2D eigenvalue weighted by molar-refractivity contribution is 6.31. The van der Waals surface area contributed by atoms with Crippen molar-refractivity contribution in [3.05, 3.63) is 46.8 Å². The van der Waals surface area contributed by atoms with Gasteiger partial charge < -0.3 is 5.73 Å². The van der Waals surface area contributed by atoms with E-state index in [9.17, 15) is 4.39 Å². The molecule has 0 saturated carbocycles. The zero-order valence-electron chi connectivity index (χ0n) is 8.06. The first-order valence-corrected chi connectivity index (χ1v) is 4.76. The molecule has 1 nitrogen and oxygen atoms in total. The summed E-state index contributed by atoms with van der Waals surface area (Å²) in [6.45, 7) is 5.39. The van der Waals surface area contributed by atoms with Crippen molar-refractivity contribution in [1.82, 2.24) is 0 Å². The number of nitrogens with two attached hydrogens (primary N) is 1. The number of halogens is 2. The molecule has 1 aromatic rings. The molecule has 0 spiro atoms. The highest BCUT2D eigenvalue weighted by Gasteiger charge is 2.11. The summed E-state index contributed by atoms with van der Waals surface area (Å²) >= 11 is 5.77. The fraction of sp³-hybridized carbons (Fsp3) is 0.273. The van der Waals surface area contributed by atoms with Crippen LogP contribution < -0.4 is 5.73 Å². The molecule has 0 aromatic heterocycles. The molecule has 0 saturated heterocycles. The predicted octanol–water partition coefficient (Wildman–Crippen LogP) is 3.36. The van der Waals surface area contributed by atoms with E-state index in [1.807, 2.05) is 6.92 Å². The van der Waals surface area contributed by atoms with E-state index in [0.29, 0.717) is 17.0 Å². The summed E-state index contributed by atoms with van der Waals surface area (Å²) in [6.07, 6.45) is 2.23. The second-order valence-corrected chi connectivity index (χ2v) is 3.66. The summed E-state index contributed by atoms with van der Waals surface area (Å²) in [5, 5.41) is 0.428. The fourth-order valence-electron chi connectivity index (χ4n) is 1.27. The lowest BCUT2D eigenvalue weighted by Gasteiger charge is -2.12. The molecule has 14 heavy (non-hydrogen) atoms. The Labute approximate surface area is 88.4 Å². The Morgan fingerprint density at radius 2 is 2.29 bits per heavy atom. The van der Waals surface area contributed by atoms with Crippen molar-refractivity contribution in [3.63, 3.8) is 0 Å². The van der Waals surface area contributed by atoms with E-state index >= 15 is 0 Å². The second-order valence-electron chi connectivity index (χ2n) is 3.25. The maximum Gasteiger partial charge on any atom is 0.129 e. The van der Waals surface area contributed by atoms with E-state index < -0.39 is 0 Å². The Morgan fingerprint density at radius 3 is 2.86 bits per heavy atom. The number of aryl methyl sites for hydroxylation is 1. The van der Waals surface area contributed by atoms with Gasteiger partial charge in [0.15, 0.2) is 0 Å². The Kier molecular flexibility index (Phi) is 3.67. The summed E-state index contributed by atoms with van der Waals surface area (Å²) in [4.78, 5) is 0. The second kappa shape index (κ2) is 4.58.